The molecule has 2 rings (SSSR count). The van der Waals surface area contributed by atoms with Gasteiger partial charge in [-0.15, -0.1) is 6.58 Å². The normalized spacial score (nSPS) is 16.0. The van der Waals surface area contributed by atoms with Crippen molar-refractivity contribution in [3.05, 3.63) is 107 Å². The first-order chi connectivity index (χ1) is 18.4. The maximum absolute atomic E-state index is 13.2. The minimum Gasteiger partial charge on any atom is -0.370 e. The first-order valence-corrected chi connectivity index (χ1v) is 14.1. The molecule has 1 saturated heterocycles. The van der Waals surface area contributed by atoms with Crippen LogP contribution >= 0.6 is 23.2 Å². The molecule has 1 aromatic rings. The number of halogens is 2. The third-order valence-electron chi connectivity index (χ3n) is 6.18. The predicted molar refractivity (Wildman–Crippen MR) is 163 cm³/mol. The van der Waals surface area contributed by atoms with Gasteiger partial charge in [0.25, 0.3) is 0 Å². The number of carbonyl (C=O) groups is 1. The number of hydrogen-bond donors (Lipinski definition) is 1. The molecule has 0 bridgehead atoms. The Morgan fingerprint density at radius 2 is 1.92 bits per heavy atom. The topological polar surface area (TPSA) is 38.8 Å². The van der Waals surface area contributed by atoms with E-state index >= 15 is 0 Å². The van der Waals surface area contributed by atoms with Crippen molar-refractivity contribution in [2.45, 2.75) is 39.5 Å². The van der Waals surface area contributed by atoms with Gasteiger partial charge < -0.3 is 9.80 Å². The fraction of sp³-hybridized carbons (Fsp3) is 0.387. The van der Waals surface area contributed by atoms with E-state index in [4.69, 9.17) is 23.2 Å². The van der Waals surface area contributed by atoms with Crippen molar-refractivity contribution in [2.24, 2.45) is 0 Å². The van der Waals surface area contributed by atoms with Gasteiger partial charge in [0, 0.05) is 60.7 Å². The minimum atomic E-state index is 0.0683. The second-order valence-corrected chi connectivity index (χ2v) is 9.91. The maximum atomic E-state index is 13.2. The lowest BCUT2D eigenvalue weighted by Gasteiger charge is -2.25. The first-order valence-electron chi connectivity index (χ1n) is 13.3. The molecule has 0 aromatic heterocycles. The van der Waals surface area contributed by atoms with Gasteiger partial charge in [-0.1, -0.05) is 73.1 Å². The third-order valence-corrected chi connectivity index (χ3v) is 6.75. The highest BCUT2D eigenvalue weighted by Crippen LogP contribution is 2.16. The van der Waals surface area contributed by atoms with Gasteiger partial charge in [-0.3, -0.25) is 10.2 Å². The van der Waals surface area contributed by atoms with E-state index in [1.807, 2.05) is 66.5 Å². The van der Waals surface area contributed by atoms with Gasteiger partial charge in [-0.25, -0.2) is 5.01 Å². The van der Waals surface area contributed by atoms with E-state index in [-0.39, 0.29) is 5.91 Å². The fourth-order valence-corrected chi connectivity index (χ4v) is 4.40. The van der Waals surface area contributed by atoms with Crippen molar-refractivity contribution >= 4 is 29.1 Å². The van der Waals surface area contributed by atoms with Gasteiger partial charge in [0.15, 0.2) is 0 Å². The lowest BCUT2D eigenvalue weighted by Crippen LogP contribution is -2.40. The molecule has 0 spiro atoms. The van der Waals surface area contributed by atoms with Crippen LogP contribution in [0.2, 0.25) is 5.02 Å². The lowest BCUT2D eigenvalue weighted by molar-refractivity contribution is -0.128. The number of carbonyl (C=O) groups excluding carboxylic acids is 1. The summed E-state index contributed by atoms with van der Waals surface area (Å²) in [6.07, 6.45) is 16.7. The number of allylic oxidation sites excluding steroid dienone is 7. The van der Waals surface area contributed by atoms with Crippen LogP contribution < -0.4 is 5.43 Å². The Labute approximate surface area is 239 Å². The van der Waals surface area contributed by atoms with Gasteiger partial charge in [0.05, 0.1) is 6.42 Å². The molecule has 1 aliphatic heterocycles. The predicted octanol–water partition coefficient (Wildman–Crippen LogP) is 6.86. The molecule has 1 aliphatic rings. The second kappa shape index (κ2) is 17.8. The maximum Gasteiger partial charge on any atom is 0.231 e. The molecule has 5 nitrogen and oxygen atoms in total. The third kappa shape index (κ3) is 11.0. The monoisotopic (exact) mass is 556 g/mol. The van der Waals surface area contributed by atoms with Crippen LogP contribution in [0.5, 0.6) is 0 Å². The Morgan fingerprint density at radius 3 is 2.58 bits per heavy atom. The molecule has 206 valence electrons. The number of hydrazine groups is 1. The van der Waals surface area contributed by atoms with Gasteiger partial charge in [-0.2, -0.15) is 0 Å². The summed E-state index contributed by atoms with van der Waals surface area (Å²) >= 11 is 12.2. The average molecular weight is 558 g/mol. The SMILES string of the molecule is C=CC/C=C(\C=C/CNN1CCCN(/C(C=C)=C/C(Cl)=C\C)CC1)N(CCC)C(=O)Cc1ccc(Cl)cc1. The molecule has 0 atom stereocenters. The number of amides is 1. The van der Waals surface area contributed by atoms with Crippen molar-refractivity contribution in [2.75, 3.05) is 39.3 Å². The van der Waals surface area contributed by atoms with Crippen molar-refractivity contribution in [1.82, 2.24) is 20.2 Å². The molecular weight excluding hydrogens is 515 g/mol. The summed E-state index contributed by atoms with van der Waals surface area (Å²) < 4.78 is 0. The Hall–Kier alpha value is -2.57. The quantitative estimate of drug-likeness (QED) is 0.200. The molecule has 0 aliphatic carbocycles. The van der Waals surface area contributed by atoms with Crippen LogP contribution in [0.25, 0.3) is 0 Å². The Balaban J connectivity index is 2.00. The molecule has 1 N–H and O–H groups in total. The van der Waals surface area contributed by atoms with Crippen molar-refractivity contribution in [3.63, 3.8) is 0 Å². The van der Waals surface area contributed by atoms with E-state index in [1.54, 1.807) is 0 Å². The highest BCUT2D eigenvalue weighted by atomic mass is 35.5. The smallest absolute Gasteiger partial charge is 0.231 e. The van der Waals surface area contributed by atoms with Crippen LogP contribution in [0.1, 0.15) is 38.7 Å². The summed E-state index contributed by atoms with van der Waals surface area (Å²) in [6, 6.07) is 7.45. The molecule has 1 heterocycles. The second-order valence-electron chi connectivity index (χ2n) is 9.04. The molecular formula is C31H42Cl2N4O. The molecule has 1 fully saturated rings. The fourth-order valence-electron chi connectivity index (χ4n) is 4.17. The van der Waals surface area contributed by atoms with Crippen molar-refractivity contribution in [1.29, 1.82) is 0 Å². The zero-order chi connectivity index (χ0) is 27.8. The van der Waals surface area contributed by atoms with E-state index < -0.39 is 0 Å². The van der Waals surface area contributed by atoms with Crippen LogP contribution in [0.15, 0.2) is 96.4 Å². The molecule has 0 saturated carbocycles. The van der Waals surface area contributed by atoms with Crippen LogP contribution in [0.4, 0.5) is 0 Å². The van der Waals surface area contributed by atoms with Gasteiger partial charge >= 0.3 is 0 Å². The average Bonchev–Trinajstić information content (AvgIpc) is 3.17. The molecule has 7 heteroatoms. The van der Waals surface area contributed by atoms with Crippen LogP contribution in [0, 0.1) is 0 Å². The largest absolute Gasteiger partial charge is 0.370 e. The van der Waals surface area contributed by atoms with Gasteiger partial charge in [0.1, 0.15) is 0 Å². The Kier molecular flexibility index (Phi) is 14.9. The number of rotatable bonds is 14. The zero-order valence-corrected chi connectivity index (χ0v) is 24.4. The van der Waals surface area contributed by atoms with Gasteiger partial charge in [-0.05, 0) is 62.1 Å². The van der Waals surface area contributed by atoms with E-state index in [2.05, 4.69) is 47.6 Å². The number of nitrogens with one attached hydrogen (secondary N) is 1. The summed E-state index contributed by atoms with van der Waals surface area (Å²) in [7, 11) is 0. The number of nitrogens with zero attached hydrogens (tertiary/aromatic N) is 3. The zero-order valence-electron chi connectivity index (χ0n) is 22.8. The summed E-state index contributed by atoms with van der Waals surface area (Å²) in [5.41, 5.74) is 6.42. The summed E-state index contributed by atoms with van der Waals surface area (Å²) in [4.78, 5) is 17.4. The summed E-state index contributed by atoms with van der Waals surface area (Å²) in [6.45, 7) is 16.8. The lowest BCUT2D eigenvalue weighted by atomic mass is 10.1. The van der Waals surface area contributed by atoms with E-state index in [9.17, 15) is 4.79 Å². The highest BCUT2D eigenvalue weighted by Gasteiger charge is 2.17. The minimum absolute atomic E-state index is 0.0683. The van der Waals surface area contributed by atoms with E-state index in [0.717, 1.165) is 56.0 Å². The molecule has 0 unspecified atom stereocenters. The molecule has 1 amide bonds. The highest BCUT2D eigenvalue weighted by molar-refractivity contribution is 6.31. The van der Waals surface area contributed by atoms with Crippen molar-refractivity contribution < 1.29 is 4.79 Å². The summed E-state index contributed by atoms with van der Waals surface area (Å²) in [5, 5.41) is 3.64. The Bertz CT molecular complexity index is 1030. The molecule has 1 aromatic carbocycles. The first kappa shape index (κ1) is 31.6. The standard InChI is InChI=1S/C31H42Cl2N4O/c1-5-9-12-30(37(19-6-2)31(38)24-26-14-16-28(33)17-15-26)13-10-18-34-36-21-11-20-35(22-23-36)29(8-4)25-27(32)7-3/h5,7-8,10,12-17,25,34H,1,4,6,9,11,18-24H2,2-3H3/b13-10-,27-7+,29-25+,30-12+. The van der Waals surface area contributed by atoms with Crippen LogP contribution in [-0.2, 0) is 11.2 Å². The van der Waals surface area contributed by atoms with E-state index in [1.165, 1.54) is 0 Å². The van der Waals surface area contributed by atoms with E-state index in [0.29, 0.717) is 36.0 Å². The number of hydrogen-bond acceptors (Lipinski definition) is 4. The Morgan fingerprint density at radius 1 is 1.16 bits per heavy atom. The van der Waals surface area contributed by atoms with Gasteiger partial charge in [0.2, 0.25) is 5.91 Å². The van der Waals surface area contributed by atoms with Crippen LogP contribution in [-0.4, -0.2) is 60.0 Å². The summed E-state index contributed by atoms with van der Waals surface area (Å²) in [5.74, 6) is 0.0683. The number of benzene rings is 1. The molecule has 38 heavy (non-hydrogen) atoms. The van der Waals surface area contributed by atoms with Crippen LogP contribution in [0.3, 0.4) is 0 Å². The van der Waals surface area contributed by atoms with Crippen molar-refractivity contribution in [3.8, 4) is 0 Å². The molecule has 0 radical (unpaired) electrons.